The number of furan rings is 1. The van der Waals surface area contributed by atoms with Crippen LogP contribution in [0.25, 0.3) is 11.0 Å². The number of nitrogens with two attached hydrogens (primary N) is 1. The summed E-state index contributed by atoms with van der Waals surface area (Å²) in [5.74, 6) is -0.551. The Labute approximate surface area is 139 Å². The standard InChI is InChI=1S/C17H19ClN2O3/c1-9-3-4-11(16(19)21)8-20(9)17(22)15-10(2)13-7-12(18)5-6-14(13)23-15/h5-7,9,11H,3-4,8H2,1-2H3,(H2,19,21)/t9-,11+/m0/s1. The van der Waals surface area contributed by atoms with Crippen molar-refractivity contribution in [1.29, 1.82) is 0 Å². The minimum atomic E-state index is -0.359. The summed E-state index contributed by atoms with van der Waals surface area (Å²) in [6.07, 6.45) is 1.47. The molecule has 1 fully saturated rings. The first-order valence-corrected chi connectivity index (χ1v) is 8.05. The molecule has 0 unspecified atom stereocenters. The summed E-state index contributed by atoms with van der Waals surface area (Å²) in [6.45, 7) is 4.16. The summed E-state index contributed by atoms with van der Waals surface area (Å²) in [6, 6.07) is 5.33. The van der Waals surface area contributed by atoms with Crippen LogP contribution in [-0.4, -0.2) is 29.3 Å². The Hall–Kier alpha value is -2.01. The second-order valence-corrected chi connectivity index (χ2v) is 6.62. The van der Waals surface area contributed by atoms with Crippen molar-refractivity contribution in [1.82, 2.24) is 4.90 Å². The monoisotopic (exact) mass is 334 g/mol. The SMILES string of the molecule is Cc1c(C(=O)N2C[C@H](C(N)=O)CC[C@@H]2C)oc2ccc(Cl)cc12. The average Bonchev–Trinajstić information content (AvgIpc) is 2.83. The third kappa shape index (κ3) is 2.81. The second-order valence-electron chi connectivity index (χ2n) is 6.18. The molecule has 3 rings (SSSR count). The van der Waals surface area contributed by atoms with E-state index in [1.807, 2.05) is 13.8 Å². The molecule has 1 aromatic carbocycles. The molecule has 2 amide bonds. The van der Waals surface area contributed by atoms with E-state index in [-0.39, 0.29) is 23.8 Å². The lowest BCUT2D eigenvalue weighted by molar-refractivity contribution is -0.123. The van der Waals surface area contributed by atoms with Crippen LogP contribution in [-0.2, 0) is 4.79 Å². The molecule has 0 aliphatic carbocycles. The minimum Gasteiger partial charge on any atom is -0.451 e. The van der Waals surface area contributed by atoms with E-state index in [4.69, 9.17) is 21.8 Å². The Kier molecular flexibility index (Phi) is 4.06. The molecule has 2 aromatic rings. The zero-order valence-electron chi connectivity index (χ0n) is 13.1. The lowest BCUT2D eigenvalue weighted by Gasteiger charge is -2.36. The van der Waals surface area contributed by atoms with Crippen molar-refractivity contribution in [3.05, 3.63) is 34.5 Å². The van der Waals surface area contributed by atoms with Crippen molar-refractivity contribution in [2.75, 3.05) is 6.54 Å². The van der Waals surface area contributed by atoms with Gasteiger partial charge >= 0.3 is 0 Å². The summed E-state index contributed by atoms with van der Waals surface area (Å²) >= 11 is 6.02. The van der Waals surface area contributed by atoms with Crippen LogP contribution in [0.3, 0.4) is 0 Å². The van der Waals surface area contributed by atoms with Crippen molar-refractivity contribution >= 4 is 34.4 Å². The van der Waals surface area contributed by atoms with Gasteiger partial charge in [0.1, 0.15) is 5.58 Å². The smallest absolute Gasteiger partial charge is 0.290 e. The highest BCUT2D eigenvalue weighted by Crippen LogP contribution is 2.31. The van der Waals surface area contributed by atoms with Crippen LogP contribution >= 0.6 is 11.6 Å². The number of benzene rings is 1. The lowest BCUT2D eigenvalue weighted by Crippen LogP contribution is -2.48. The Morgan fingerprint density at radius 1 is 1.35 bits per heavy atom. The fourth-order valence-corrected chi connectivity index (χ4v) is 3.32. The first-order valence-electron chi connectivity index (χ1n) is 7.67. The van der Waals surface area contributed by atoms with E-state index in [1.54, 1.807) is 23.1 Å². The topological polar surface area (TPSA) is 76.5 Å². The molecule has 0 radical (unpaired) electrons. The van der Waals surface area contributed by atoms with E-state index in [9.17, 15) is 9.59 Å². The molecule has 1 aromatic heterocycles. The van der Waals surface area contributed by atoms with Crippen molar-refractivity contribution < 1.29 is 14.0 Å². The maximum atomic E-state index is 12.9. The van der Waals surface area contributed by atoms with Gasteiger partial charge in [-0.3, -0.25) is 9.59 Å². The number of fused-ring (bicyclic) bond motifs is 1. The van der Waals surface area contributed by atoms with Crippen LogP contribution in [0.2, 0.25) is 5.02 Å². The molecular weight excluding hydrogens is 316 g/mol. The molecule has 1 aliphatic rings. The molecule has 0 spiro atoms. The van der Waals surface area contributed by atoms with E-state index in [0.29, 0.717) is 22.9 Å². The molecule has 6 heteroatoms. The number of aryl methyl sites for hydroxylation is 1. The fourth-order valence-electron chi connectivity index (χ4n) is 3.15. The van der Waals surface area contributed by atoms with Crippen LogP contribution in [0.15, 0.2) is 22.6 Å². The van der Waals surface area contributed by atoms with Crippen LogP contribution in [0.5, 0.6) is 0 Å². The molecular formula is C17H19ClN2O3. The Morgan fingerprint density at radius 2 is 2.09 bits per heavy atom. The maximum Gasteiger partial charge on any atom is 0.290 e. The van der Waals surface area contributed by atoms with Gasteiger partial charge in [-0.15, -0.1) is 0 Å². The third-order valence-corrected chi connectivity index (χ3v) is 4.87. The Balaban J connectivity index is 1.96. The van der Waals surface area contributed by atoms with Crippen LogP contribution in [0.4, 0.5) is 0 Å². The minimum absolute atomic E-state index is 0.0503. The number of halogens is 1. The highest BCUT2D eigenvalue weighted by atomic mass is 35.5. The van der Waals surface area contributed by atoms with Gasteiger partial charge in [0.15, 0.2) is 5.76 Å². The molecule has 5 nitrogen and oxygen atoms in total. The molecule has 2 atom stereocenters. The average molecular weight is 335 g/mol. The van der Waals surface area contributed by atoms with Crippen molar-refractivity contribution in [2.24, 2.45) is 11.7 Å². The number of nitrogens with zero attached hydrogens (tertiary/aromatic N) is 1. The molecule has 1 aliphatic heterocycles. The number of carbonyl (C=O) groups excluding carboxylic acids is 2. The highest BCUT2D eigenvalue weighted by Gasteiger charge is 2.34. The predicted molar refractivity (Wildman–Crippen MR) is 88.4 cm³/mol. The Morgan fingerprint density at radius 3 is 2.78 bits per heavy atom. The second kappa shape index (κ2) is 5.89. The van der Waals surface area contributed by atoms with E-state index in [0.717, 1.165) is 23.8 Å². The van der Waals surface area contributed by atoms with Crippen LogP contribution in [0.1, 0.15) is 35.9 Å². The number of carbonyl (C=O) groups is 2. The largest absolute Gasteiger partial charge is 0.451 e. The van der Waals surface area contributed by atoms with Gasteiger partial charge in [0, 0.05) is 28.6 Å². The van der Waals surface area contributed by atoms with Gasteiger partial charge in [0.2, 0.25) is 5.91 Å². The van der Waals surface area contributed by atoms with E-state index >= 15 is 0 Å². The van der Waals surface area contributed by atoms with Crippen LogP contribution in [0, 0.1) is 12.8 Å². The van der Waals surface area contributed by atoms with Gasteiger partial charge in [-0.05, 0) is 44.9 Å². The van der Waals surface area contributed by atoms with Crippen molar-refractivity contribution in [2.45, 2.75) is 32.7 Å². The van der Waals surface area contributed by atoms with Gasteiger partial charge in [-0.2, -0.15) is 0 Å². The number of hydrogen-bond acceptors (Lipinski definition) is 3. The van der Waals surface area contributed by atoms with Gasteiger partial charge < -0.3 is 15.1 Å². The quantitative estimate of drug-likeness (QED) is 0.916. The van der Waals surface area contributed by atoms with E-state index in [2.05, 4.69) is 0 Å². The summed E-state index contributed by atoms with van der Waals surface area (Å²) in [5, 5.41) is 1.43. The van der Waals surface area contributed by atoms with Crippen molar-refractivity contribution in [3.8, 4) is 0 Å². The number of piperidine rings is 1. The van der Waals surface area contributed by atoms with Crippen LogP contribution < -0.4 is 5.73 Å². The van der Waals surface area contributed by atoms with Gasteiger partial charge in [0.05, 0.1) is 5.92 Å². The molecule has 0 saturated carbocycles. The predicted octanol–water partition coefficient (Wildman–Crippen LogP) is 3.12. The third-order valence-electron chi connectivity index (χ3n) is 4.64. The highest BCUT2D eigenvalue weighted by molar-refractivity contribution is 6.31. The Bertz CT molecular complexity index is 783. The van der Waals surface area contributed by atoms with Gasteiger partial charge in [0.25, 0.3) is 5.91 Å². The molecule has 2 heterocycles. The summed E-state index contributed by atoms with van der Waals surface area (Å²) in [5.41, 5.74) is 6.80. The summed E-state index contributed by atoms with van der Waals surface area (Å²) in [7, 11) is 0. The number of amides is 2. The first kappa shape index (κ1) is 15.9. The molecule has 23 heavy (non-hydrogen) atoms. The number of hydrogen-bond donors (Lipinski definition) is 1. The number of likely N-dealkylation sites (tertiary alicyclic amines) is 1. The summed E-state index contributed by atoms with van der Waals surface area (Å²) < 4.78 is 5.75. The van der Waals surface area contributed by atoms with Gasteiger partial charge in [-0.25, -0.2) is 0 Å². The molecule has 1 saturated heterocycles. The van der Waals surface area contributed by atoms with Crippen molar-refractivity contribution in [3.63, 3.8) is 0 Å². The number of rotatable bonds is 2. The zero-order valence-corrected chi connectivity index (χ0v) is 13.9. The zero-order chi connectivity index (χ0) is 16.7. The maximum absolute atomic E-state index is 12.9. The first-order chi connectivity index (χ1) is 10.9. The van der Waals surface area contributed by atoms with E-state index < -0.39 is 0 Å². The molecule has 2 N–H and O–H groups in total. The number of primary amides is 1. The fraction of sp³-hybridized carbons (Fsp3) is 0.412. The molecule has 0 bridgehead atoms. The normalized spacial score (nSPS) is 21.6. The summed E-state index contributed by atoms with van der Waals surface area (Å²) in [4.78, 5) is 26.0. The van der Waals surface area contributed by atoms with E-state index in [1.165, 1.54) is 0 Å². The lowest BCUT2D eigenvalue weighted by atomic mass is 9.92. The van der Waals surface area contributed by atoms with Gasteiger partial charge in [-0.1, -0.05) is 11.6 Å². The molecule has 122 valence electrons.